The molecule has 1 saturated carbocycles. The van der Waals surface area contributed by atoms with Gasteiger partial charge in [0.15, 0.2) is 0 Å². The molecule has 1 aliphatic rings. The van der Waals surface area contributed by atoms with Crippen LogP contribution in [0.3, 0.4) is 0 Å². The molecule has 0 saturated heterocycles. The maximum Gasteiger partial charge on any atom is 0.0695 e. The molecule has 1 rings (SSSR count). The molecule has 0 amide bonds. The molecule has 3 heteroatoms. The molecule has 0 aromatic heterocycles. The molecular weight excluding hydrogens is 166 g/mol. The lowest BCUT2D eigenvalue weighted by molar-refractivity contribution is 0.00462. The van der Waals surface area contributed by atoms with Gasteiger partial charge in [-0.25, -0.2) is 0 Å². The highest BCUT2D eigenvalue weighted by molar-refractivity contribution is 4.83. The minimum absolute atomic E-state index is 0.151. The van der Waals surface area contributed by atoms with Crippen molar-refractivity contribution in [3.8, 4) is 0 Å². The topological polar surface area (TPSA) is 43.7 Å². The van der Waals surface area contributed by atoms with E-state index in [1.165, 1.54) is 6.42 Å². The van der Waals surface area contributed by atoms with E-state index in [2.05, 4.69) is 4.90 Å². The van der Waals surface area contributed by atoms with Gasteiger partial charge in [-0.3, -0.25) is 4.90 Å². The lowest BCUT2D eigenvalue weighted by atomic mass is 9.91. The molecule has 78 valence electrons. The van der Waals surface area contributed by atoms with Crippen molar-refractivity contribution in [1.82, 2.24) is 4.90 Å². The van der Waals surface area contributed by atoms with E-state index in [0.29, 0.717) is 0 Å². The van der Waals surface area contributed by atoms with Crippen LogP contribution in [0.25, 0.3) is 0 Å². The van der Waals surface area contributed by atoms with Gasteiger partial charge in [0.2, 0.25) is 0 Å². The van der Waals surface area contributed by atoms with Crippen molar-refractivity contribution in [2.75, 3.05) is 13.7 Å². The summed E-state index contributed by atoms with van der Waals surface area (Å²) in [7, 11) is 1.99. The Morgan fingerprint density at radius 3 is 2.54 bits per heavy atom. The molecule has 0 bridgehead atoms. The second kappa shape index (κ2) is 4.94. The molecule has 0 aliphatic heterocycles. The van der Waals surface area contributed by atoms with Gasteiger partial charge in [0.05, 0.1) is 12.7 Å². The lowest BCUT2D eigenvalue weighted by Crippen LogP contribution is -2.48. The van der Waals surface area contributed by atoms with E-state index in [-0.39, 0.29) is 24.8 Å². The van der Waals surface area contributed by atoms with Crippen molar-refractivity contribution < 1.29 is 10.2 Å². The van der Waals surface area contributed by atoms with Crippen LogP contribution in [0.2, 0.25) is 0 Å². The molecule has 13 heavy (non-hydrogen) atoms. The molecule has 1 fully saturated rings. The molecular formula is C10H21NO2. The second-order valence-corrected chi connectivity index (χ2v) is 4.12. The van der Waals surface area contributed by atoms with Crippen LogP contribution in [0.1, 0.15) is 32.6 Å². The van der Waals surface area contributed by atoms with Crippen LogP contribution in [-0.2, 0) is 0 Å². The van der Waals surface area contributed by atoms with Crippen LogP contribution in [0.4, 0.5) is 0 Å². The molecule has 3 atom stereocenters. The van der Waals surface area contributed by atoms with Crippen LogP contribution in [-0.4, -0.2) is 47.0 Å². The summed E-state index contributed by atoms with van der Waals surface area (Å²) in [5, 5.41) is 18.8. The van der Waals surface area contributed by atoms with Crippen molar-refractivity contribution in [3.05, 3.63) is 0 Å². The quantitative estimate of drug-likeness (QED) is 0.680. The molecule has 0 heterocycles. The minimum atomic E-state index is -0.201. The Bertz CT molecular complexity index is 152. The van der Waals surface area contributed by atoms with E-state index in [4.69, 9.17) is 5.11 Å². The van der Waals surface area contributed by atoms with Crippen molar-refractivity contribution in [2.24, 2.45) is 0 Å². The molecule has 0 aromatic rings. The largest absolute Gasteiger partial charge is 0.395 e. The fraction of sp³-hybridized carbons (Fsp3) is 1.00. The van der Waals surface area contributed by atoms with E-state index in [1.807, 2.05) is 14.0 Å². The zero-order chi connectivity index (χ0) is 9.84. The third-order valence-corrected chi connectivity index (χ3v) is 3.18. The summed E-state index contributed by atoms with van der Waals surface area (Å²) >= 11 is 0. The first-order chi connectivity index (χ1) is 6.16. The number of aliphatic hydroxyl groups excluding tert-OH is 2. The first-order valence-corrected chi connectivity index (χ1v) is 5.17. The smallest absolute Gasteiger partial charge is 0.0695 e. The summed E-state index contributed by atoms with van der Waals surface area (Å²) in [6.07, 6.45) is 4.10. The maximum absolute atomic E-state index is 9.76. The Morgan fingerprint density at radius 1 is 1.38 bits per heavy atom. The van der Waals surface area contributed by atoms with Crippen LogP contribution < -0.4 is 0 Å². The fourth-order valence-corrected chi connectivity index (χ4v) is 2.02. The third kappa shape index (κ3) is 2.66. The van der Waals surface area contributed by atoms with E-state index < -0.39 is 0 Å². The molecule has 3 unspecified atom stereocenters. The Balaban J connectivity index is 2.47. The van der Waals surface area contributed by atoms with Crippen molar-refractivity contribution in [3.63, 3.8) is 0 Å². The molecule has 3 nitrogen and oxygen atoms in total. The number of hydrogen-bond donors (Lipinski definition) is 2. The molecule has 0 aromatic carbocycles. The Morgan fingerprint density at radius 2 is 2.00 bits per heavy atom. The van der Waals surface area contributed by atoms with Gasteiger partial charge >= 0.3 is 0 Å². The average Bonchev–Trinajstić information content (AvgIpc) is 2.16. The normalized spacial score (nSPS) is 32.1. The molecule has 0 radical (unpaired) electrons. The highest BCUT2D eigenvalue weighted by Gasteiger charge is 2.28. The monoisotopic (exact) mass is 187 g/mol. The predicted octanol–water partition coefficient (Wildman–Crippen LogP) is 0.602. The third-order valence-electron chi connectivity index (χ3n) is 3.18. The molecule has 0 spiro atoms. The predicted molar refractivity (Wildman–Crippen MR) is 52.6 cm³/mol. The summed E-state index contributed by atoms with van der Waals surface area (Å²) in [6, 6.07) is 0.397. The first-order valence-electron chi connectivity index (χ1n) is 5.17. The SMILES string of the molecule is CC(CO)N(C)C1CCCCC1O. The van der Waals surface area contributed by atoms with Gasteiger partial charge in [0, 0.05) is 12.1 Å². The Hall–Kier alpha value is -0.120. The number of rotatable bonds is 3. The maximum atomic E-state index is 9.76. The number of hydrogen-bond acceptors (Lipinski definition) is 3. The summed E-state index contributed by atoms with van der Waals surface area (Å²) in [4.78, 5) is 2.10. The second-order valence-electron chi connectivity index (χ2n) is 4.12. The molecule has 2 N–H and O–H groups in total. The summed E-state index contributed by atoms with van der Waals surface area (Å²) in [5.41, 5.74) is 0. The van der Waals surface area contributed by atoms with E-state index in [0.717, 1.165) is 19.3 Å². The average molecular weight is 187 g/mol. The number of likely N-dealkylation sites (N-methyl/N-ethyl adjacent to an activating group) is 1. The van der Waals surface area contributed by atoms with E-state index in [9.17, 15) is 5.11 Å². The van der Waals surface area contributed by atoms with Crippen LogP contribution in [0.5, 0.6) is 0 Å². The van der Waals surface area contributed by atoms with Crippen molar-refractivity contribution in [1.29, 1.82) is 0 Å². The Kier molecular flexibility index (Phi) is 4.16. The molecule has 1 aliphatic carbocycles. The van der Waals surface area contributed by atoms with Crippen molar-refractivity contribution in [2.45, 2.75) is 50.8 Å². The van der Waals surface area contributed by atoms with Crippen LogP contribution in [0.15, 0.2) is 0 Å². The van der Waals surface area contributed by atoms with E-state index >= 15 is 0 Å². The van der Waals surface area contributed by atoms with Gasteiger partial charge < -0.3 is 10.2 Å². The zero-order valence-corrected chi connectivity index (χ0v) is 8.61. The van der Waals surface area contributed by atoms with Gasteiger partial charge in [-0.1, -0.05) is 12.8 Å². The van der Waals surface area contributed by atoms with Crippen LogP contribution in [0, 0.1) is 0 Å². The fourth-order valence-electron chi connectivity index (χ4n) is 2.02. The number of aliphatic hydroxyl groups is 2. The van der Waals surface area contributed by atoms with Gasteiger partial charge in [-0.15, -0.1) is 0 Å². The lowest BCUT2D eigenvalue weighted by Gasteiger charge is -2.38. The summed E-state index contributed by atoms with van der Waals surface area (Å²) in [6.45, 7) is 2.15. The van der Waals surface area contributed by atoms with Gasteiger partial charge in [-0.05, 0) is 26.8 Å². The van der Waals surface area contributed by atoms with E-state index in [1.54, 1.807) is 0 Å². The summed E-state index contributed by atoms with van der Waals surface area (Å²) < 4.78 is 0. The highest BCUT2D eigenvalue weighted by atomic mass is 16.3. The first kappa shape index (κ1) is 11.0. The Labute approximate surface area is 80.4 Å². The van der Waals surface area contributed by atoms with Crippen LogP contribution >= 0.6 is 0 Å². The van der Waals surface area contributed by atoms with Crippen molar-refractivity contribution >= 4 is 0 Å². The minimum Gasteiger partial charge on any atom is -0.395 e. The zero-order valence-electron chi connectivity index (χ0n) is 8.61. The van der Waals surface area contributed by atoms with Gasteiger partial charge in [0.1, 0.15) is 0 Å². The highest BCUT2D eigenvalue weighted by Crippen LogP contribution is 2.23. The standard InChI is InChI=1S/C10H21NO2/c1-8(7-12)11(2)9-5-3-4-6-10(9)13/h8-10,12-13H,3-7H2,1-2H3. The number of nitrogens with zero attached hydrogens (tertiary/aromatic N) is 1. The van der Waals surface area contributed by atoms with Gasteiger partial charge in [0.25, 0.3) is 0 Å². The summed E-state index contributed by atoms with van der Waals surface area (Å²) in [5.74, 6) is 0. The van der Waals surface area contributed by atoms with Gasteiger partial charge in [-0.2, -0.15) is 0 Å².